The monoisotopic (exact) mass is 412 g/mol. The van der Waals surface area contributed by atoms with E-state index in [-0.39, 0.29) is 5.57 Å². The molecule has 0 aliphatic heterocycles. The molecule has 30 heavy (non-hydrogen) atoms. The first-order valence-corrected chi connectivity index (χ1v) is 10.0. The van der Waals surface area contributed by atoms with Crippen molar-refractivity contribution >= 4 is 12.0 Å². The molecule has 0 amide bonds. The van der Waals surface area contributed by atoms with Crippen molar-refractivity contribution in [3.05, 3.63) is 52.4 Å². The molecule has 0 aliphatic rings. The highest BCUT2D eigenvalue weighted by atomic mass is 16.5. The lowest BCUT2D eigenvalue weighted by Crippen LogP contribution is -2.24. The fraction of sp³-hybridized carbons (Fsp3) is 0.417. The third-order valence-corrected chi connectivity index (χ3v) is 5.20. The molecule has 0 unspecified atom stereocenters. The Balaban J connectivity index is 2.20. The molecule has 0 atom stereocenters. The number of methoxy groups -OCH3 is 3. The maximum absolute atomic E-state index is 11.8. The minimum Gasteiger partial charge on any atom is -0.545 e. The van der Waals surface area contributed by atoms with Gasteiger partial charge in [-0.1, -0.05) is 12.5 Å². The van der Waals surface area contributed by atoms with Crippen molar-refractivity contribution in [2.75, 3.05) is 21.3 Å². The molecule has 0 radical (unpaired) electrons. The molecular weight excluding hydrogens is 382 g/mol. The summed E-state index contributed by atoms with van der Waals surface area (Å²) in [5.74, 6) is 0.544. The maximum Gasteiger partial charge on any atom is 0.167 e. The van der Waals surface area contributed by atoms with Gasteiger partial charge in [-0.15, -0.1) is 0 Å². The number of nitrogens with zero attached hydrogens (tertiary/aromatic N) is 1. The van der Waals surface area contributed by atoms with Gasteiger partial charge in [0.2, 0.25) is 0 Å². The fourth-order valence-corrected chi connectivity index (χ4v) is 3.64. The molecule has 0 fully saturated rings. The van der Waals surface area contributed by atoms with E-state index in [1.165, 1.54) is 5.56 Å². The quantitative estimate of drug-likeness (QED) is 0.414. The van der Waals surface area contributed by atoms with E-state index in [0.717, 1.165) is 36.8 Å². The van der Waals surface area contributed by atoms with E-state index in [1.807, 2.05) is 32.2 Å². The number of rotatable bonds is 11. The number of carbonyl (C=O) groups is 1. The Morgan fingerprint density at radius 1 is 1.00 bits per heavy atom. The standard InChI is InChI=1S/C24H31NO5/c1-16-20(21(28-3)17(2)23(30-5)22(16)29-4)14-19(24(26)27)12-8-6-7-10-18-11-9-13-25-15-18/h9,11,13-15H,6-8,10,12H2,1-5H3,(H,26,27)/p-1/b19-14+. The molecule has 0 spiro atoms. The van der Waals surface area contributed by atoms with Gasteiger partial charge in [0.25, 0.3) is 0 Å². The zero-order chi connectivity index (χ0) is 22.1. The highest BCUT2D eigenvalue weighted by Crippen LogP contribution is 2.44. The van der Waals surface area contributed by atoms with Crippen molar-refractivity contribution in [3.63, 3.8) is 0 Å². The highest BCUT2D eigenvalue weighted by Gasteiger charge is 2.21. The summed E-state index contributed by atoms with van der Waals surface area (Å²) in [6.07, 6.45) is 9.26. The summed E-state index contributed by atoms with van der Waals surface area (Å²) in [6.45, 7) is 3.71. The number of aromatic nitrogens is 1. The Kier molecular flexibility index (Phi) is 8.71. The second-order valence-corrected chi connectivity index (χ2v) is 7.14. The summed E-state index contributed by atoms with van der Waals surface area (Å²) in [5.41, 5.74) is 3.61. The Bertz CT molecular complexity index is 890. The minimum absolute atomic E-state index is 0.240. The van der Waals surface area contributed by atoms with Crippen LogP contribution in [0.1, 0.15) is 47.9 Å². The molecule has 0 aliphatic carbocycles. The predicted molar refractivity (Wildman–Crippen MR) is 115 cm³/mol. The first kappa shape index (κ1) is 23.3. The number of carboxylic acid groups (broad SMARTS) is 1. The van der Waals surface area contributed by atoms with Crippen LogP contribution in [0.4, 0.5) is 0 Å². The predicted octanol–water partition coefficient (Wildman–Crippen LogP) is 3.66. The van der Waals surface area contributed by atoms with Gasteiger partial charge in [-0.25, -0.2) is 0 Å². The van der Waals surface area contributed by atoms with Crippen LogP contribution < -0.4 is 19.3 Å². The van der Waals surface area contributed by atoms with Crippen LogP contribution in [0.15, 0.2) is 30.1 Å². The van der Waals surface area contributed by atoms with Crippen molar-refractivity contribution in [2.24, 2.45) is 0 Å². The van der Waals surface area contributed by atoms with Gasteiger partial charge in [0.15, 0.2) is 11.5 Å². The number of hydrogen-bond acceptors (Lipinski definition) is 6. The van der Waals surface area contributed by atoms with E-state index >= 15 is 0 Å². The Morgan fingerprint density at radius 3 is 2.23 bits per heavy atom. The molecule has 0 saturated heterocycles. The van der Waals surface area contributed by atoms with E-state index in [9.17, 15) is 9.90 Å². The van der Waals surface area contributed by atoms with Crippen LogP contribution in [0, 0.1) is 13.8 Å². The summed E-state index contributed by atoms with van der Waals surface area (Å²) in [7, 11) is 4.69. The Labute approximate surface area is 178 Å². The molecule has 0 N–H and O–H groups in total. The fourth-order valence-electron chi connectivity index (χ4n) is 3.64. The van der Waals surface area contributed by atoms with Crippen LogP contribution in [-0.2, 0) is 11.2 Å². The SMILES string of the molecule is COc1c(C)c(OC)c(OC)c(C)c1/C=C(\CCCCCc1cccnc1)C(=O)[O-]. The van der Waals surface area contributed by atoms with E-state index in [2.05, 4.69) is 4.98 Å². The number of unbranched alkanes of at least 4 members (excludes halogenated alkanes) is 2. The zero-order valence-electron chi connectivity index (χ0n) is 18.4. The van der Waals surface area contributed by atoms with Crippen LogP contribution in [0.25, 0.3) is 6.08 Å². The maximum atomic E-state index is 11.8. The molecule has 162 valence electrons. The third kappa shape index (κ3) is 5.53. The number of carbonyl (C=O) groups excluding carboxylic acids is 1. The molecule has 1 heterocycles. The topological polar surface area (TPSA) is 80.7 Å². The summed E-state index contributed by atoms with van der Waals surface area (Å²) in [6, 6.07) is 3.97. The molecule has 6 nitrogen and oxygen atoms in total. The van der Waals surface area contributed by atoms with Gasteiger partial charge >= 0.3 is 0 Å². The molecule has 6 heteroatoms. The summed E-state index contributed by atoms with van der Waals surface area (Å²) < 4.78 is 16.5. The van der Waals surface area contributed by atoms with Crippen molar-refractivity contribution in [3.8, 4) is 17.2 Å². The largest absolute Gasteiger partial charge is 0.545 e. The zero-order valence-corrected chi connectivity index (χ0v) is 18.4. The molecule has 2 aromatic rings. The molecule has 1 aromatic heterocycles. The lowest BCUT2D eigenvalue weighted by atomic mass is 9.96. The molecular formula is C24H30NO5-. The van der Waals surface area contributed by atoms with E-state index in [1.54, 1.807) is 33.6 Å². The van der Waals surface area contributed by atoms with Crippen LogP contribution >= 0.6 is 0 Å². The number of pyridine rings is 1. The smallest absolute Gasteiger partial charge is 0.167 e. The highest BCUT2D eigenvalue weighted by molar-refractivity contribution is 5.92. The number of aryl methyl sites for hydroxylation is 1. The van der Waals surface area contributed by atoms with Crippen molar-refractivity contribution < 1.29 is 24.1 Å². The lowest BCUT2D eigenvalue weighted by molar-refractivity contribution is -0.299. The lowest BCUT2D eigenvalue weighted by Gasteiger charge is -2.20. The summed E-state index contributed by atoms with van der Waals surface area (Å²) in [4.78, 5) is 15.9. The summed E-state index contributed by atoms with van der Waals surface area (Å²) >= 11 is 0. The first-order chi connectivity index (χ1) is 14.4. The third-order valence-electron chi connectivity index (χ3n) is 5.20. The first-order valence-electron chi connectivity index (χ1n) is 10.0. The number of hydrogen-bond donors (Lipinski definition) is 0. The molecule has 2 rings (SSSR count). The van der Waals surface area contributed by atoms with Crippen LogP contribution in [0.2, 0.25) is 0 Å². The Morgan fingerprint density at radius 2 is 1.67 bits per heavy atom. The van der Waals surface area contributed by atoms with Gasteiger partial charge in [0, 0.05) is 29.1 Å². The number of aliphatic carboxylic acids is 1. The van der Waals surface area contributed by atoms with Gasteiger partial charge in [-0.3, -0.25) is 4.98 Å². The molecule has 1 aromatic carbocycles. The normalized spacial score (nSPS) is 11.3. The van der Waals surface area contributed by atoms with Crippen molar-refractivity contribution in [1.82, 2.24) is 4.98 Å². The Hall–Kier alpha value is -3.02. The second-order valence-electron chi connectivity index (χ2n) is 7.14. The van der Waals surface area contributed by atoms with Crippen LogP contribution in [-0.4, -0.2) is 32.3 Å². The van der Waals surface area contributed by atoms with Crippen LogP contribution in [0.3, 0.4) is 0 Å². The van der Waals surface area contributed by atoms with Gasteiger partial charge in [-0.2, -0.15) is 0 Å². The van der Waals surface area contributed by atoms with E-state index in [4.69, 9.17) is 14.2 Å². The minimum atomic E-state index is -1.17. The van der Waals surface area contributed by atoms with Crippen molar-refractivity contribution in [1.29, 1.82) is 0 Å². The van der Waals surface area contributed by atoms with E-state index < -0.39 is 5.97 Å². The number of ether oxygens (including phenoxy) is 3. The number of carboxylic acids is 1. The molecule has 0 saturated carbocycles. The average molecular weight is 413 g/mol. The van der Waals surface area contributed by atoms with Gasteiger partial charge in [0.1, 0.15) is 5.75 Å². The van der Waals surface area contributed by atoms with Gasteiger partial charge in [-0.05, 0) is 62.8 Å². The number of benzene rings is 1. The molecule has 0 bridgehead atoms. The van der Waals surface area contributed by atoms with E-state index in [0.29, 0.717) is 29.2 Å². The van der Waals surface area contributed by atoms with Crippen molar-refractivity contribution in [2.45, 2.75) is 46.0 Å². The second kappa shape index (κ2) is 11.2. The van der Waals surface area contributed by atoms with Gasteiger partial charge < -0.3 is 24.1 Å². The summed E-state index contributed by atoms with van der Waals surface area (Å²) in [5, 5.41) is 11.8. The van der Waals surface area contributed by atoms with Gasteiger partial charge in [0.05, 0.1) is 27.3 Å². The average Bonchev–Trinajstić information content (AvgIpc) is 2.75. The van der Waals surface area contributed by atoms with Crippen LogP contribution in [0.5, 0.6) is 17.2 Å².